The van der Waals surface area contributed by atoms with Crippen LogP contribution in [0.2, 0.25) is 0 Å². The Morgan fingerprint density at radius 1 is 1.06 bits per heavy atom. The van der Waals surface area contributed by atoms with Gasteiger partial charge in [0, 0.05) is 36.3 Å². The second-order valence-corrected chi connectivity index (χ2v) is 9.22. The van der Waals surface area contributed by atoms with Crippen molar-refractivity contribution in [3.05, 3.63) is 59.9 Å². The lowest BCUT2D eigenvalue weighted by Gasteiger charge is -2.36. The number of amides is 2. The molecular formula is C27H37N3O4. The van der Waals surface area contributed by atoms with Gasteiger partial charge in [-0.05, 0) is 83.8 Å². The molecule has 184 valence electrons. The molecule has 1 aromatic rings. The average Bonchev–Trinajstić information content (AvgIpc) is 3.35. The third-order valence-corrected chi connectivity index (χ3v) is 6.22. The van der Waals surface area contributed by atoms with E-state index in [0.29, 0.717) is 28.9 Å². The Balaban J connectivity index is 1.65. The molecule has 0 unspecified atom stereocenters. The predicted molar refractivity (Wildman–Crippen MR) is 134 cm³/mol. The number of hydrogen-bond acceptors (Lipinski definition) is 5. The molecule has 2 fully saturated rings. The highest BCUT2D eigenvalue weighted by molar-refractivity contribution is 5.94. The standard InChI is InChI=1S/C27H37N3O4/c1-5-23(34-25-17-21(26(28)31)16-24(18-25)33-19(2)3)9-8-20(4)27(32)30-14-10-22(11-15-30)29-12-6-7-13-29/h5,8-9,16-19,22H,1,6-7,10-15H2,2-4H3,(H2,28,31)/b20-8+,23-9+. The fraction of sp³-hybridized carbons (Fsp3) is 0.481. The van der Waals surface area contributed by atoms with Gasteiger partial charge in [0.15, 0.2) is 0 Å². The highest BCUT2D eigenvalue weighted by Gasteiger charge is 2.28. The number of carbonyl (C=O) groups excluding carboxylic acids is 2. The Morgan fingerprint density at radius 3 is 2.29 bits per heavy atom. The molecule has 2 aliphatic rings. The number of hydrogen-bond donors (Lipinski definition) is 1. The zero-order valence-corrected chi connectivity index (χ0v) is 20.6. The van der Waals surface area contributed by atoms with E-state index in [1.54, 1.807) is 36.4 Å². The van der Waals surface area contributed by atoms with Gasteiger partial charge in [0.25, 0.3) is 0 Å². The average molecular weight is 468 g/mol. The van der Waals surface area contributed by atoms with Crippen LogP contribution in [-0.2, 0) is 4.79 Å². The van der Waals surface area contributed by atoms with Gasteiger partial charge in [0.05, 0.1) is 6.10 Å². The van der Waals surface area contributed by atoms with E-state index < -0.39 is 5.91 Å². The van der Waals surface area contributed by atoms with Gasteiger partial charge < -0.3 is 25.0 Å². The summed E-state index contributed by atoms with van der Waals surface area (Å²) in [5.74, 6) is 0.807. The van der Waals surface area contributed by atoms with E-state index in [9.17, 15) is 9.59 Å². The molecule has 7 heteroatoms. The van der Waals surface area contributed by atoms with Gasteiger partial charge in [-0.15, -0.1) is 0 Å². The first kappa shape index (κ1) is 25.6. The third kappa shape index (κ3) is 6.97. The number of allylic oxidation sites excluding steroid dienone is 3. The number of primary amides is 1. The summed E-state index contributed by atoms with van der Waals surface area (Å²) in [5.41, 5.74) is 6.38. The molecule has 2 aliphatic heterocycles. The van der Waals surface area contributed by atoms with Gasteiger partial charge >= 0.3 is 0 Å². The molecule has 2 amide bonds. The lowest BCUT2D eigenvalue weighted by Crippen LogP contribution is -2.46. The normalized spacial score (nSPS) is 18.3. The topological polar surface area (TPSA) is 85.1 Å². The number of ether oxygens (including phenoxy) is 2. The molecule has 2 saturated heterocycles. The lowest BCUT2D eigenvalue weighted by atomic mass is 10.0. The fourth-order valence-corrected chi connectivity index (χ4v) is 4.46. The van der Waals surface area contributed by atoms with Crippen molar-refractivity contribution in [2.24, 2.45) is 5.73 Å². The monoisotopic (exact) mass is 467 g/mol. The summed E-state index contributed by atoms with van der Waals surface area (Å²) >= 11 is 0. The predicted octanol–water partition coefficient (Wildman–Crippen LogP) is 4.05. The molecule has 7 nitrogen and oxygen atoms in total. The number of rotatable bonds is 9. The van der Waals surface area contributed by atoms with E-state index in [0.717, 1.165) is 25.9 Å². The van der Waals surface area contributed by atoms with E-state index in [2.05, 4.69) is 11.5 Å². The van der Waals surface area contributed by atoms with Crippen LogP contribution in [0.3, 0.4) is 0 Å². The van der Waals surface area contributed by atoms with Crippen LogP contribution in [0.4, 0.5) is 0 Å². The summed E-state index contributed by atoms with van der Waals surface area (Å²) in [5, 5.41) is 0. The number of likely N-dealkylation sites (tertiary alicyclic amines) is 2. The maximum absolute atomic E-state index is 12.9. The van der Waals surface area contributed by atoms with Gasteiger partial charge in [-0.2, -0.15) is 0 Å². The number of piperidine rings is 1. The summed E-state index contributed by atoms with van der Waals surface area (Å²) < 4.78 is 11.6. The molecule has 2 N–H and O–H groups in total. The van der Waals surface area contributed by atoms with Crippen LogP contribution in [0.5, 0.6) is 11.5 Å². The van der Waals surface area contributed by atoms with Crippen molar-refractivity contribution in [2.45, 2.75) is 58.6 Å². The van der Waals surface area contributed by atoms with Crippen molar-refractivity contribution < 1.29 is 19.1 Å². The quantitative estimate of drug-likeness (QED) is 0.336. The van der Waals surface area contributed by atoms with Crippen LogP contribution in [0.15, 0.2) is 54.3 Å². The molecule has 34 heavy (non-hydrogen) atoms. The maximum Gasteiger partial charge on any atom is 0.249 e. The zero-order chi connectivity index (χ0) is 24.7. The molecule has 0 aromatic heterocycles. The molecule has 0 atom stereocenters. The van der Waals surface area contributed by atoms with Crippen LogP contribution < -0.4 is 15.2 Å². The number of carbonyl (C=O) groups is 2. The maximum atomic E-state index is 12.9. The van der Waals surface area contributed by atoms with Crippen LogP contribution in [0.25, 0.3) is 0 Å². The first-order valence-corrected chi connectivity index (χ1v) is 12.1. The molecule has 0 aliphatic carbocycles. The fourth-order valence-electron chi connectivity index (χ4n) is 4.46. The first-order chi connectivity index (χ1) is 16.3. The van der Waals surface area contributed by atoms with E-state index in [1.165, 1.54) is 25.9 Å². The Hall–Kier alpha value is -3.06. The largest absolute Gasteiger partial charge is 0.491 e. The zero-order valence-electron chi connectivity index (χ0n) is 20.6. The van der Waals surface area contributed by atoms with E-state index in [1.807, 2.05) is 25.7 Å². The summed E-state index contributed by atoms with van der Waals surface area (Å²) in [6, 6.07) is 5.44. The second-order valence-electron chi connectivity index (χ2n) is 9.22. The molecular weight excluding hydrogens is 430 g/mol. The smallest absolute Gasteiger partial charge is 0.249 e. The SMILES string of the molecule is C=C/C(=C\C=C(/C)C(=O)N1CCC(N2CCCC2)CC1)Oc1cc(OC(C)C)cc(C(N)=O)c1. The molecule has 0 saturated carbocycles. The molecule has 0 spiro atoms. The minimum Gasteiger partial charge on any atom is -0.491 e. The van der Waals surface area contributed by atoms with Gasteiger partial charge in [0.1, 0.15) is 17.3 Å². The highest BCUT2D eigenvalue weighted by Crippen LogP contribution is 2.26. The van der Waals surface area contributed by atoms with Gasteiger partial charge in [-0.1, -0.05) is 12.7 Å². The van der Waals surface area contributed by atoms with Crippen molar-refractivity contribution in [3.63, 3.8) is 0 Å². The van der Waals surface area contributed by atoms with E-state index >= 15 is 0 Å². The van der Waals surface area contributed by atoms with Gasteiger partial charge in [-0.3, -0.25) is 9.59 Å². The van der Waals surface area contributed by atoms with E-state index in [-0.39, 0.29) is 17.6 Å². The van der Waals surface area contributed by atoms with Crippen LogP contribution in [-0.4, -0.2) is 59.9 Å². The lowest BCUT2D eigenvalue weighted by molar-refractivity contribution is -0.128. The highest BCUT2D eigenvalue weighted by atomic mass is 16.5. The summed E-state index contributed by atoms with van der Waals surface area (Å²) in [6.45, 7) is 13.4. The number of nitrogens with two attached hydrogens (primary N) is 1. The van der Waals surface area contributed by atoms with Gasteiger partial charge in [0.2, 0.25) is 11.8 Å². The summed E-state index contributed by atoms with van der Waals surface area (Å²) in [6.07, 6.45) is 9.59. The van der Waals surface area contributed by atoms with Crippen LogP contribution in [0.1, 0.15) is 56.8 Å². The molecule has 2 heterocycles. The Bertz CT molecular complexity index is 953. The molecule has 0 bridgehead atoms. The molecule has 1 aromatic carbocycles. The minimum atomic E-state index is -0.571. The second kappa shape index (κ2) is 11.9. The molecule has 0 radical (unpaired) electrons. The molecule has 3 rings (SSSR count). The Labute approximate surface area is 202 Å². The van der Waals surface area contributed by atoms with Crippen LogP contribution >= 0.6 is 0 Å². The van der Waals surface area contributed by atoms with Crippen LogP contribution in [0, 0.1) is 0 Å². The van der Waals surface area contributed by atoms with Crippen molar-refractivity contribution in [1.29, 1.82) is 0 Å². The number of benzene rings is 1. The van der Waals surface area contributed by atoms with Crippen molar-refractivity contribution >= 4 is 11.8 Å². The van der Waals surface area contributed by atoms with E-state index in [4.69, 9.17) is 15.2 Å². The first-order valence-electron chi connectivity index (χ1n) is 12.1. The Morgan fingerprint density at radius 2 is 1.71 bits per heavy atom. The third-order valence-electron chi connectivity index (χ3n) is 6.22. The Kier molecular flexibility index (Phi) is 8.93. The van der Waals surface area contributed by atoms with Crippen molar-refractivity contribution in [2.75, 3.05) is 26.2 Å². The summed E-state index contributed by atoms with van der Waals surface area (Å²) in [4.78, 5) is 29.1. The minimum absolute atomic E-state index is 0.0443. The number of nitrogens with zero attached hydrogens (tertiary/aromatic N) is 2. The van der Waals surface area contributed by atoms with Crippen molar-refractivity contribution in [1.82, 2.24) is 9.80 Å². The van der Waals surface area contributed by atoms with Gasteiger partial charge in [-0.25, -0.2) is 0 Å². The summed E-state index contributed by atoms with van der Waals surface area (Å²) in [7, 11) is 0. The van der Waals surface area contributed by atoms with Crippen molar-refractivity contribution in [3.8, 4) is 11.5 Å².